The summed E-state index contributed by atoms with van der Waals surface area (Å²) in [6, 6.07) is 18.9. The zero-order valence-corrected chi connectivity index (χ0v) is 23.0. The number of imide groups is 1. The van der Waals surface area contributed by atoms with E-state index in [-0.39, 0.29) is 11.4 Å². The molecule has 6 nitrogen and oxygen atoms in total. The van der Waals surface area contributed by atoms with Crippen LogP contribution >= 0.6 is 35.0 Å². The molecule has 3 amide bonds. The van der Waals surface area contributed by atoms with Gasteiger partial charge in [-0.05, 0) is 72.6 Å². The summed E-state index contributed by atoms with van der Waals surface area (Å²) in [6.07, 6.45) is 3.63. The summed E-state index contributed by atoms with van der Waals surface area (Å²) in [5, 5.41) is 4.39. The topological polar surface area (TPSA) is 71.4 Å². The van der Waals surface area contributed by atoms with E-state index in [1.54, 1.807) is 18.2 Å². The molecule has 1 aromatic heterocycles. The van der Waals surface area contributed by atoms with Crippen molar-refractivity contribution in [1.82, 2.24) is 9.47 Å². The van der Waals surface area contributed by atoms with E-state index in [1.165, 1.54) is 0 Å². The smallest absolute Gasteiger partial charge is 0.294 e. The molecule has 0 aliphatic carbocycles. The molecule has 0 bridgehead atoms. The van der Waals surface area contributed by atoms with Crippen LogP contribution in [0.3, 0.4) is 0 Å². The molecular formula is C29H23Cl2N3O3S. The van der Waals surface area contributed by atoms with Gasteiger partial charge >= 0.3 is 0 Å². The number of fused-ring (bicyclic) bond motifs is 1. The quantitative estimate of drug-likeness (QED) is 0.250. The van der Waals surface area contributed by atoms with Crippen LogP contribution in [0.5, 0.6) is 0 Å². The summed E-state index contributed by atoms with van der Waals surface area (Å²) < 4.78 is 2.04. The van der Waals surface area contributed by atoms with Crippen LogP contribution < -0.4 is 5.32 Å². The molecule has 0 unspecified atom stereocenters. The maximum absolute atomic E-state index is 13.1. The number of hydrogen-bond donors (Lipinski definition) is 1. The van der Waals surface area contributed by atoms with Gasteiger partial charge in [-0.25, -0.2) is 0 Å². The molecule has 0 spiro atoms. The summed E-state index contributed by atoms with van der Waals surface area (Å²) in [4.78, 5) is 39.7. The van der Waals surface area contributed by atoms with Crippen LogP contribution in [0.2, 0.25) is 10.0 Å². The number of aromatic nitrogens is 1. The Morgan fingerprint density at radius 3 is 2.61 bits per heavy atom. The minimum absolute atomic E-state index is 0.266. The standard InChI is InChI=1S/C29H23Cl2N3O3S/c1-17-7-8-18(2)24(11-17)32-27(35)16-34-28(36)26(38-29(34)37)12-20-15-33(25-6-4-3-5-22(20)25)14-19-9-10-21(30)13-23(19)31/h3-13,15H,14,16H2,1-2H3,(H,32,35)/b26-12+. The monoisotopic (exact) mass is 563 g/mol. The SMILES string of the molecule is Cc1ccc(C)c(NC(=O)CN2C(=O)S/C(=C/c3cn(Cc4ccc(Cl)cc4Cl)c4ccccc34)C2=O)c1. The van der Waals surface area contributed by atoms with E-state index in [2.05, 4.69) is 5.32 Å². The lowest BCUT2D eigenvalue weighted by Gasteiger charge is -2.14. The normalized spacial score (nSPS) is 14.6. The molecule has 0 atom stereocenters. The van der Waals surface area contributed by atoms with Gasteiger partial charge in [0.25, 0.3) is 11.1 Å². The number of hydrogen-bond acceptors (Lipinski definition) is 4. The lowest BCUT2D eigenvalue weighted by atomic mass is 10.1. The first-order valence-corrected chi connectivity index (χ1v) is 13.4. The molecule has 1 saturated heterocycles. The summed E-state index contributed by atoms with van der Waals surface area (Å²) in [7, 11) is 0. The second-order valence-corrected chi connectivity index (χ2v) is 10.9. The molecule has 38 heavy (non-hydrogen) atoms. The molecule has 4 aromatic rings. The first-order valence-electron chi connectivity index (χ1n) is 11.8. The van der Waals surface area contributed by atoms with Crippen molar-refractivity contribution in [2.45, 2.75) is 20.4 Å². The zero-order valence-electron chi connectivity index (χ0n) is 20.6. The number of nitrogens with one attached hydrogen (secondary N) is 1. The predicted octanol–water partition coefficient (Wildman–Crippen LogP) is 7.29. The molecule has 1 N–H and O–H groups in total. The lowest BCUT2D eigenvalue weighted by Crippen LogP contribution is -2.36. The van der Waals surface area contributed by atoms with E-state index in [0.29, 0.717) is 22.3 Å². The molecule has 0 saturated carbocycles. The Hall–Kier alpha value is -3.52. The minimum atomic E-state index is -0.492. The maximum Gasteiger partial charge on any atom is 0.294 e. The second kappa shape index (κ2) is 10.7. The van der Waals surface area contributed by atoms with Gasteiger partial charge in [0, 0.05) is 44.9 Å². The van der Waals surface area contributed by atoms with Crippen molar-refractivity contribution < 1.29 is 14.4 Å². The molecule has 2 heterocycles. The number of rotatable bonds is 6. The van der Waals surface area contributed by atoms with Crippen LogP contribution in [0.4, 0.5) is 10.5 Å². The Morgan fingerprint density at radius 1 is 1.03 bits per heavy atom. The Kier molecular flexibility index (Phi) is 7.34. The van der Waals surface area contributed by atoms with Gasteiger partial charge in [0.15, 0.2) is 0 Å². The fraction of sp³-hybridized carbons (Fsp3) is 0.138. The molecule has 0 radical (unpaired) electrons. The zero-order chi connectivity index (χ0) is 27.0. The summed E-state index contributed by atoms with van der Waals surface area (Å²) in [6.45, 7) is 3.96. The van der Waals surface area contributed by atoms with Gasteiger partial charge in [-0.2, -0.15) is 0 Å². The van der Waals surface area contributed by atoms with E-state index in [1.807, 2.05) is 73.1 Å². The van der Waals surface area contributed by atoms with Gasteiger partial charge < -0.3 is 9.88 Å². The average molecular weight is 564 g/mol. The number of para-hydroxylation sites is 1. The van der Waals surface area contributed by atoms with Crippen molar-refractivity contribution >= 4 is 74.7 Å². The van der Waals surface area contributed by atoms with Crippen LogP contribution in [0, 0.1) is 13.8 Å². The highest BCUT2D eigenvalue weighted by Gasteiger charge is 2.36. The Bertz CT molecular complexity index is 1640. The van der Waals surface area contributed by atoms with Gasteiger partial charge in [-0.15, -0.1) is 0 Å². The fourth-order valence-corrected chi connectivity index (χ4v) is 5.63. The summed E-state index contributed by atoms with van der Waals surface area (Å²) >= 11 is 13.3. The molecular weight excluding hydrogens is 541 g/mol. The van der Waals surface area contributed by atoms with Crippen molar-refractivity contribution in [1.29, 1.82) is 0 Å². The number of carbonyl (C=O) groups excluding carboxylic acids is 3. The highest BCUT2D eigenvalue weighted by Crippen LogP contribution is 2.34. The van der Waals surface area contributed by atoms with E-state index in [9.17, 15) is 14.4 Å². The Balaban J connectivity index is 1.38. The average Bonchev–Trinajstić information content (AvgIpc) is 3.35. The first-order chi connectivity index (χ1) is 18.2. The number of halogens is 2. The predicted molar refractivity (Wildman–Crippen MR) is 155 cm³/mol. The lowest BCUT2D eigenvalue weighted by molar-refractivity contribution is -0.127. The molecule has 5 rings (SSSR count). The highest BCUT2D eigenvalue weighted by molar-refractivity contribution is 8.18. The number of nitrogens with zero attached hydrogens (tertiary/aromatic N) is 2. The molecule has 192 valence electrons. The van der Waals surface area contributed by atoms with E-state index in [4.69, 9.17) is 23.2 Å². The number of amides is 3. The molecule has 9 heteroatoms. The van der Waals surface area contributed by atoms with Crippen molar-refractivity contribution in [2.24, 2.45) is 0 Å². The van der Waals surface area contributed by atoms with Gasteiger partial charge in [0.05, 0.1) is 4.91 Å². The third-order valence-electron chi connectivity index (χ3n) is 6.30. The summed E-state index contributed by atoms with van der Waals surface area (Å²) in [5.41, 5.74) is 5.20. The third-order valence-corrected chi connectivity index (χ3v) is 7.80. The van der Waals surface area contributed by atoms with Crippen molar-refractivity contribution in [2.75, 3.05) is 11.9 Å². The number of carbonyl (C=O) groups is 3. The van der Waals surface area contributed by atoms with Crippen LogP contribution in [0.25, 0.3) is 17.0 Å². The summed E-state index contributed by atoms with van der Waals surface area (Å²) in [5.74, 6) is -0.924. The van der Waals surface area contributed by atoms with Gasteiger partial charge in [-0.1, -0.05) is 59.6 Å². The van der Waals surface area contributed by atoms with E-state index >= 15 is 0 Å². The maximum atomic E-state index is 13.1. The van der Waals surface area contributed by atoms with E-state index in [0.717, 1.165) is 49.8 Å². The van der Waals surface area contributed by atoms with Gasteiger partial charge in [0.1, 0.15) is 6.54 Å². The van der Waals surface area contributed by atoms with Crippen LogP contribution in [-0.4, -0.2) is 33.1 Å². The van der Waals surface area contributed by atoms with Crippen molar-refractivity contribution in [3.63, 3.8) is 0 Å². The molecule has 1 fully saturated rings. The van der Waals surface area contributed by atoms with Crippen LogP contribution in [-0.2, 0) is 16.1 Å². The Labute approximate surface area is 234 Å². The largest absolute Gasteiger partial charge is 0.342 e. The highest BCUT2D eigenvalue weighted by atomic mass is 35.5. The van der Waals surface area contributed by atoms with E-state index < -0.39 is 17.1 Å². The third kappa shape index (κ3) is 5.36. The molecule has 3 aromatic carbocycles. The second-order valence-electron chi connectivity index (χ2n) is 9.10. The number of aryl methyl sites for hydroxylation is 2. The Morgan fingerprint density at radius 2 is 1.82 bits per heavy atom. The fourth-order valence-electron chi connectivity index (χ4n) is 4.34. The van der Waals surface area contributed by atoms with Gasteiger partial charge in [0.2, 0.25) is 5.91 Å². The number of anilines is 1. The first kappa shape index (κ1) is 26.1. The minimum Gasteiger partial charge on any atom is -0.342 e. The van der Waals surface area contributed by atoms with Crippen LogP contribution in [0.15, 0.2) is 71.8 Å². The van der Waals surface area contributed by atoms with Crippen molar-refractivity contribution in [3.05, 3.63) is 104 Å². The number of thioether (sulfide) groups is 1. The number of benzene rings is 3. The molecule has 1 aliphatic rings. The van der Waals surface area contributed by atoms with Crippen LogP contribution in [0.1, 0.15) is 22.3 Å². The molecule has 1 aliphatic heterocycles. The van der Waals surface area contributed by atoms with Gasteiger partial charge in [-0.3, -0.25) is 19.3 Å². The van der Waals surface area contributed by atoms with Crippen molar-refractivity contribution in [3.8, 4) is 0 Å².